The van der Waals surface area contributed by atoms with Gasteiger partial charge >= 0.3 is 0 Å². The lowest BCUT2D eigenvalue weighted by Gasteiger charge is -2.07. The molecule has 0 fully saturated rings. The second-order valence-electron chi connectivity index (χ2n) is 5.15. The fourth-order valence-electron chi connectivity index (χ4n) is 2.16. The van der Waals surface area contributed by atoms with Crippen LogP contribution in [0.5, 0.6) is 0 Å². The second kappa shape index (κ2) is 7.30. The number of aliphatic hydroxyl groups excluding tert-OH is 1. The van der Waals surface area contributed by atoms with Gasteiger partial charge in [-0.1, -0.05) is 6.07 Å². The van der Waals surface area contributed by atoms with Crippen molar-refractivity contribution in [2.45, 2.75) is 17.5 Å². The van der Waals surface area contributed by atoms with Crippen LogP contribution in [-0.4, -0.2) is 13.5 Å². The number of hydrogen-bond donors (Lipinski definition) is 2. The topological polar surface area (TPSA) is 66.4 Å². The fraction of sp³-hybridized carbons (Fsp3) is 0.125. The first kappa shape index (κ1) is 18.2. The molecule has 0 saturated heterocycles. The number of sulfonamides is 1. The van der Waals surface area contributed by atoms with Crippen molar-refractivity contribution in [3.05, 3.63) is 74.1 Å². The Morgan fingerprint density at radius 1 is 1.08 bits per heavy atom. The maximum Gasteiger partial charge on any atom is 0.241 e. The third kappa shape index (κ3) is 4.31. The average molecular weight is 401 g/mol. The largest absolute Gasteiger partial charge is 0.382 e. The van der Waals surface area contributed by atoms with Crippen molar-refractivity contribution in [3.63, 3.8) is 0 Å². The van der Waals surface area contributed by atoms with Crippen molar-refractivity contribution < 1.29 is 22.3 Å². The second-order valence-corrected chi connectivity index (χ2v) is 9.10. The van der Waals surface area contributed by atoms with Gasteiger partial charge in [-0.05, 0) is 35.7 Å². The summed E-state index contributed by atoms with van der Waals surface area (Å²) >= 11 is 2.69. The molecule has 1 atom stereocenters. The molecule has 2 N–H and O–H groups in total. The summed E-state index contributed by atoms with van der Waals surface area (Å²) in [7, 11) is -4.04. The average Bonchev–Trinajstić information content (AvgIpc) is 3.23. The van der Waals surface area contributed by atoms with Crippen molar-refractivity contribution >= 4 is 32.7 Å². The highest BCUT2D eigenvalue weighted by Gasteiger charge is 2.18. The molecule has 0 aliphatic rings. The van der Waals surface area contributed by atoms with Crippen LogP contribution in [0.25, 0.3) is 0 Å². The van der Waals surface area contributed by atoms with E-state index >= 15 is 0 Å². The van der Waals surface area contributed by atoms with Gasteiger partial charge in [-0.3, -0.25) is 0 Å². The summed E-state index contributed by atoms with van der Waals surface area (Å²) in [6, 6.07) is 9.19. The maximum atomic E-state index is 13.2. The van der Waals surface area contributed by atoms with Crippen LogP contribution < -0.4 is 4.72 Å². The minimum absolute atomic E-state index is 0.0394. The first-order valence-electron chi connectivity index (χ1n) is 7.11. The van der Waals surface area contributed by atoms with Crippen molar-refractivity contribution in [2.75, 3.05) is 0 Å². The molecule has 0 saturated carbocycles. The SMILES string of the molecule is O=S(=O)(NCc1ccc(C(O)c2cccs2)s1)c1cc(F)cc(F)c1. The lowest BCUT2D eigenvalue weighted by atomic mass is 10.2. The first-order valence-corrected chi connectivity index (χ1v) is 10.3. The Morgan fingerprint density at radius 2 is 1.80 bits per heavy atom. The molecule has 0 radical (unpaired) electrons. The highest BCUT2D eigenvalue weighted by atomic mass is 32.2. The molecule has 2 heterocycles. The Kier molecular flexibility index (Phi) is 5.30. The molecule has 132 valence electrons. The summed E-state index contributed by atoms with van der Waals surface area (Å²) in [5, 5.41) is 12.1. The molecule has 25 heavy (non-hydrogen) atoms. The van der Waals surface area contributed by atoms with E-state index in [1.54, 1.807) is 12.1 Å². The van der Waals surface area contributed by atoms with Crippen molar-refractivity contribution in [1.29, 1.82) is 0 Å². The van der Waals surface area contributed by atoms with Crippen LogP contribution in [0.1, 0.15) is 20.7 Å². The molecule has 0 bridgehead atoms. The van der Waals surface area contributed by atoms with Gasteiger partial charge in [-0.25, -0.2) is 21.9 Å². The van der Waals surface area contributed by atoms with Crippen LogP contribution >= 0.6 is 22.7 Å². The molecule has 0 aliphatic carbocycles. The molecule has 1 unspecified atom stereocenters. The molecule has 1 aromatic carbocycles. The number of nitrogens with one attached hydrogen (secondary N) is 1. The van der Waals surface area contributed by atoms with Gasteiger partial charge in [-0.15, -0.1) is 22.7 Å². The predicted octanol–water partition coefficient (Wildman–Crippen LogP) is 3.65. The van der Waals surface area contributed by atoms with Gasteiger partial charge in [0.15, 0.2) is 0 Å². The lowest BCUT2D eigenvalue weighted by molar-refractivity contribution is 0.228. The maximum absolute atomic E-state index is 13.2. The van der Waals surface area contributed by atoms with Gasteiger partial charge in [0.25, 0.3) is 0 Å². The molecular weight excluding hydrogens is 388 g/mol. The Hall–Kier alpha value is -1.65. The molecular formula is C16H13F2NO3S3. The van der Waals surface area contributed by atoms with Gasteiger partial charge < -0.3 is 5.11 Å². The van der Waals surface area contributed by atoms with E-state index in [-0.39, 0.29) is 6.54 Å². The van der Waals surface area contributed by atoms with E-state index < -0.39 is 32.7 Å². The summed E-state index contributed by atoms with van der Waals surface area (Å²) in [5.41, 5.74) is 0. The molecule has 2 aromatic heterocycles. The van der Waals surface area contributed by atoms with Crippen LogP contribution in [-0.2, 0) is 16.6 Å². The van der Waals surface area contributed by atoms with Crippen LogP contribution in [0.4, 0.5) is 8.78 Å². The zero-order valence-corrected chi connectivity index (χ0v) is 15.1. The van der Waals surface area contributed by atoms with E-state index in [0.717, 1.165) is 17.0 Å². The van der Waals surface area contributed by atoms with Gasteiger partial charge in [0.05, 0.1) is 4.90 Å². The summed E-state index contributed by atoms with van der Waals surface area (Å²) < 4.78 is 53.0. The molecule has 0 amide bonds. The van der Waals surface area contributed by atoms with Gasteiger partial charge in [0.1, 0.15) is 17.7 Å². The van der Waals surface area contributed by atoms with Crippen molar-refractivity contribution in [1.82, 2.24) is 4.72 Å². The van der Waals surface area contributed by atoms with Gasteiger partial charge in [-0.2, -0.15) is 0 Å². The minimum Gasteiger partial charge on any atom is -0.382 e. The van der Waals surface area contributed by atoms with E-state index in [0.29, 0.717) is 15.8 Å². The monoisotopic (exact) mass is 401 g/mol. The van der Waals surface area contributed by atoms with Crippen LogP contribution in [0.3, 0.4) is 0 Å². The summed E-state index contributed by atoms with van der Waals surface area (Å²) in [4.78, 5) is 1.68. The van der Waals surface area contributed by atoms with E-state index in [9.17, 15) is 22.3 Å². The van der Waals surface area contributed by atoms with Crippen LogP contribution in [0.15, 0.2) is 52.7 Å². The van der Waals surface area contributed by atoms with Crippen molar-refractivity contribution in [3.8, 4) is 0 Å². The summed E-state index contributed by atoms with van der Waals surface area (Å²) in [6.45, 7) is -0.0394. The Morgan fingerprint density at radius 3 is 2.44 bits per heavy atom. The third-order valence-corrected chi connectivity index (χ3v) is 6.79. The molecule has 3 rings (SSSR count). The minimum atomic E-state index is -4.04. The number of thiophene rings is 2. The van der Waals surface area contributed by atoms with Crippen LogP contribution in [0.2, 0.25) is 0 Å². The number of benzene rings is 1. The number of halogens is 2. The Balaban J connectivity index is 1.71. The van der Waals surface area contributed by atoms with Crippen molar-refractivity contribution in [2.24, 2.45) is 0 Å². The third-order valence-electron chi connectivity index (χ3n) is 3.35. The summed E-state index contributed by atoms with van der Waals surface area (Å²) in [5.74, 6) is -1.92. The number of hydrogen-bond acceptors (Lipinski definition) is 5. The quantitative estimate of drug-likeness (QED) is 0.663. The zero-order valence-electron chi connectivity index (χ0n) is 12.6. The van der Waals surface area contributed by atoms with E-state index in [4.69, 9.17) is 0 Å². The van der Waals surface area contributed by atoms with Crippen LogP contribution in [0, 0.1) is 11.6 Å². The molecule has 3 aromatic rings. The van der Waals surface area contributed by atoms with E-state index in [1.807, 2.05) is 17.5 Å². The molecule has 0 aliphatic heterocycles. The van der Waals surface area contributed by atoms with Gasteiger partial charge in [0.2, 0.25) is 10.0 Å². The highest BCUT2D eigenvalue weighted by molar-refractivity contribution is 7.89. The fourth-order valence-corrected chi connectivity index (χ4v) is 5.06. The Bertz CT molecular complexity index is 948. The zero-order chi connectivity index (χ0) is 18.0. The number of rotatable bonds is 6. The molecule has 4 nitrogen and oxygen atoms in total. The summed E-state index contributed by atoms with van der Waals surface area (Å²) in [6.07, 6.45) is -0.757. The normalized spacial score (nSPS) is 13.1. The first-order chi connectivity index (χ1) is 11.8. The molecule has 9 heteroatoms. The number of aliphatic hydroxyl groups is 1. The van der Waals surface area contributed by atoms with E-state index in [1.165, 1.54) is 22.7 Å². The molecule has 0 spiro atoms. The lowest BCUT2D eigenvalue weighted by Crippen LogP contribution is -2.23. The standard InChI is InChI=1S/C16H13F2NO3S3/c17-10-6-11(18)8-13(7-10)25(21,22)19-9-12-3-4-15(24-12)16(20)14-2-1-5-23-14/h1-8,16,19-20H,9H2. The van der Waals surface area contributed by atoms with Gasteiger partial charge in [0, 0.05) is 27.2 Å². The highest BCUT2D eigenvalue weighted by Crippen LogP contribution is 2.31. The smallest absolute Gasteiger partial charge is 0.241 e. The van der Waals surface area contributed by atoms with E-state index in [2.05, 4.69) is 4.72 Å². The predicted molar refractivity (Wildman–Crippen MR) is 93.1 cm³/mol. The Labute approximate surface area is 151 Å².